The lowest BCUT2D eigenvalue weighted by Crippen LogP contribution is -1.94. The van der Waals surface area contributed by atoms with E-state index in [-0.39, 0.29) is 0 Å². The molecule has 1 atom stereocenters. The molecule has 1 aromatic carbocycles. The van der Waals surface area contributed by atoms with Crippen LogP contribution in [0, 0.1) is 0 Å². The highest BCUT2D eigenvalue weighted by Crippen LogP contribution is 2.17. The normalized spacial score (nSPS) is 12.9. The van der Waals surface area contributed by atoms with Gasteiger partial charge in [0.15, 0.2) is 0 Å². The van der Waals surface area contributed by atoms with Crippen LogP contribution in [0.5, 0.6) is 0 Å². The van der Waals surface area contributed by atoms with Gasteiger partial charge in [-0.25, -0.2) is 0 Å². The SMILES string of the molecule is CC(CCl)c1ccc(CCl)cc1. The third-order valence-electron chi connectivity index (χ3n) is 1.93. The molecule has 0 nitrogen and oxygen atoms in total. The molecule has 0 saturated carbocycles. The first kappa shape index (κ1) is 9.88. The van der Waals surface area contributed by atoms with Crippen molar-refractivity contribution in [2.75, 3.05) is 5.88 Å². The summed E-state index contributed by atoms with van der Waals surface area (Å²) >= 11 is 11.4. The monoisotopic (exact) mass is 202 g/mol. The Kier molecular flexibility index (Phi) is 3.90. The van der Waals surface area contributed by atoms with Gasteiger partial charge in [-0.2, -0.15) is 0 Å². The molecule has 0 aliphatic rings. The number of halogens is 2. The fourth-order valence-electron chi connectivity index (χ4n) is 1.02. The van der Waals surface area contributed by atoms with E-state index in [9.17, 15) is 0 Å². The van der Waals surface area contributed by atoms with Crippen LogP contribution in [0.25, 0.3) is 0 Å². The molecule has 0 bridgehead atoms. The minimum absolute atomic E-state index is 0.427. The van der Waals surface area contributed by atoms with Crippen molar-refractivity contribution >= 4 is 23.2 Å². The van der Waals surface area contributed by atoms with Crippen LogP contribution in [0.1, 0.15) is 24.0 Å². The molecule has 0 saturated heterocycles. The minimum Gasteiger partial charge on any atom is -0.126 e. The van der Waals surface area contributed by atoms with Gasteiger partial charge >= 0.3 is 0 Å². The van der Waals surface area contributed by atoms with E-state index in [0.717, 1.165) is 5.56 Å². The van der Waals surface area contributed by atoms with Gasteiger partial charge in [-0.05, 0) is 17.0 Å². The molecule has 0 N–H and O–H groups in total. The lowest BCUT2D eigenvalue weighted by molar-refractivity contribution is 0.874. The topological polar surface area (TPSA) is 0 Å². The van der Waals surface area contributed by atoms with Crippen LogP contribution in [-0.2, 0) is 5.88 Å². The lowest BCUT2D eigenvalue weighted by Gasteiger charge is -2.07. The van der Waals surface area contributed by atoms with Crippen molar-refractivity contribution < 1.29 is 0 Å². The van der Waals surface area contributed by atoms with Crippen LogP contribution in [0.4, 0.5) is 0 Å². The first-order valence-electron chi connectivity index (χ1n) is 3.98. The number of benzene rings is 1. The molecule has 0 aromatic heterocycles. The Hall–Kier alpha value is -0.200. The second-order valence-corrected chi connectivity index (χ2v) is 3.51. The molecule has 0 fully saturated rings. The van der Waals surface area contributed by atoms with Crippen LogP contribution in [0.15, 0.2) is 24.3 Å². The first-order valence-corrected chi connectivity index (χ1v) is 5.05. The number of alkyl halides is 2. The Balaban J connectivity index is 2.77. The summed E-state index contributed by atoms with van der Waals surface area (Å²) in [6.45, 7) is 2.11. The van der Waals surface area contributed by atoms with Crippen molar-refractivity contribution in [3.63, 3.8) is 0 Å². The lowest BCUT2D eigenvalue weighted by atomic mass is 10.0. The molecule has 1 unspecified atom stereocenters. The minimum atomic E-state index is 0.427. The third-order valence-corrected chi connectivity index (χ3v) is 2.71. The molecule has 1 aromatic rings. The summed E-state index contributed by atoms with van der Waals surface area (Å²) in [6, 6.07) is 8.27. The van der Waals surface area contributed by atoms with Gasteiger partial charge in [0.2, 0.25) is 0 Å². The largest absolute Gasteiger partial charge is 0.126 e. The van der Waals surface area contributed by atoms with Crippen molar-refractivity contribution in [1.82, 2.24) is 0 Å². The van der Waals surface area contributed by atoms with Crippen LogP contribution >= 0.6 is 23.2 Å². The molecule has 0 radical (unpaired) electrons. The molecule has 0 spiro atoms. The zero-order chi connectivity index (χ0) is 8.97. The fourth-order valence-corrected chi connectivity index (χ4v) is 1.38. The van der Waals surface area contributed by atoms with Gasteiger partial charge in [0.1, 0.15) is 0 Å². The van der Waals surface area contributed by atoms with Crippen LogP contribution in [0.3, 0.4) is 0 Å². The highest BCUT2D eigenvalue weighted by atomic mass is 35.5. The van der Waals surface area contributed by atoms with Crippen LogP contribution < -0.4 is 0 Å². The van der Waals surface area contributed by atoms with E-state index in [2.05, 4.69) is 19.1 Å². The summed E-state index contributed by atoms with van der Waals surface area (Å²) in [5, 5.41) is 0. The molecule has 0 amide bonds. The smallest absolute Gasteiger partial charge is 0.0474 e. The molecule has 0 aliphatic carbocycles. The maximum absolute atomic E-state index is 5.73. The predicted molar refractivity (Wildman–Crippen MR) is 55.1 cm³/mol. The average molecular weight is 203 g/mol. The van der Waals surface area contributed by atoms with E-state index < -0.39 is 0 Å². The van der Waals surface area contributed by atoms with Gasteiger partial charge in [-0.3, -0.25) is 0 Å². The van der Waals surface area contributed by atoms with Gasteiger partial charge in [-0.1, -0.05) is 31.2 Å². The predicted octanol–water partition coefficient (Wildman–Crippen LogP) is 3.77. The number of rotatable bonds is 3. The standard InChI is InChI=1S/C10H12Cl2/c1-8(6-11)10-4-2-9(7-12)3-5-10/h2-5,8H,6-7H2,1H3. The summed E-state index contributed by atoms with van der Waals surface area (Å²) in [5.74, 6) is 1.67. The molecule has 2 heteroatoms. The van der Waals surface area contributed by atoms with Gasteiger partial charge < -0.3 is 0 Å². The molecular formula is C10H12Cl2. The van der Waals surface area contributed by atoms with E-state index in [1.807, 2.05) is 12.1 Å². The molecule has 0 aliphatic heterocycles. The van der Waals surface area contributed by atoms with E-state index in [4.69, 9.17) is 23.2 Å². The van der Waals surface area contributed by atoms with E-state index in [1.54, 1.807) is 0 Å². The van der Waals surface area contributed by atoms with Crippen molar-refractivity contribution in [1.29, 1.82) is 0 Å². The van der Waals surface area contributed by atoms with Crippen LogP contribution in [0.2, 0.25) is 0 Å². The zero-order valence-electron chi connectivity index (χ0n) is 7.06. The second kappa shape index (κ2) is 4.74. The average Bonchev–Trinajstić information content (AvgIpc) is 2.17. The van der Waals surface area contributed by atoms with Crippen molar-refractivity contribution in [3.8, 4) is 0 Å². The third kappa shape index (κ3) is 2.40. The Morgan fingerprint density at radius 1 is 1.17 bits per heavy atom. The summed E-state index contributed by atoms with van der Waals surface area (Å²) in [6.07, 6.45) is 0. The quantitative estimate of drug-likeness (QED) is 0.656. The highest BCUT2D eigenvalue weighted by molar-refractivity contribution is 6.18. The zero-order valence-corrected chi connectivity index (χ0v) is 8.57. The Morgan fingerprint density at radius 2 is 1.75 bits per heavy atom. The van der Waals surface area contributed by atoms with E-state index in [0.29, 0.717) is 17.7 Å². The summed E-state index contributed by atoms with van der Waals surface area (Å²) < 4.78 is 0. The summed E-state index contributed by atoms with van der Waals surface area (Å²) in [5.41, 5.74) is 2.43. The maximum atomic E-state index is 5.73. The Bertz CT molecular complexity index is 228. The van der Waals surface area contributed by atoms with Crippen molar-refractivity contribution in [2.45, 2.75) is 18.7 Å². The van der Waals surface area contributed by atoms with Gasteiger partial charge in [0.05, 0.1) is 0 Å². The number of hydrogen-bond donors (Lipinski definition) is 0. The molecular weight excluding hydrogens is 191 g/mol. The summed E-state index contributed by atoms with van der Waals surface area (Å²) in [7, 11) is 0. The van der Waals surface area contributed by atoms with Crippen molar-refractivity contribution in [3.05, 3.63) is 35.4 Å². The van der Waals surface area contributed by atoms with Crippen LogP contribution in [-0.4, -0.2) is 5.88 Å². The summed E-state index contributed by atoms with van der Waals surface area (Å²) in [4.78, 5) is 0. The molecule has 0 heterocycles. The van der Waals surface area contributed by atoms with Gasteiger partial charge in [0.25, 0.3) is 0 Å². The van der Waals surface area contributed by atoms with Crippen molar-refractivity contribution in [2.24, 2.45) is 0 Å². The second-order valence-electron chi connectivity index (χ2n) is 2.93. The Labute approximate surface area is 83.5 Å². The van der Waals surface area contributed by atoms with E-state index >= 15 is 0 Å². The highest BCUT2D eigenvalue weighted by Gasteiger charge is 2.02. The first-order chi connectivity index (χ1) is 5.77. The van der Waals surface area contributed by atoms with Gasteiger partial charge in [0, 0.05) is 11.8 Å². The maximum Gasteiger partial charge on any atom is 0.0474 e. The molecule has 66 valence electrons. The fraction of sp³-hybridized carbons (Fsp3) is 0.400. The van der Waals surface area contributed by atoms with E-state index in [1.165, 1.54) is 5.56 Å². The van der Waals surface area contributed by atoms with Gasteiger partial charge in [-0.15, -0.1) is 23.2 Å². The molecule has 1 rings (SSSR count). The molecule has 12 heavy (non-hydrogen) atoms. The Morgan fingerprint density at radius 3 is 2.17 bits per heavy atom. The number of hydrogen-bond acceptors (Lipinski definition) is 0.